The smallest absolute Gasteiger partial charge is 0.343 e. The maximum Gasteiger partial charge on any atom is 0.404 e. The fourth-order valence-electron chi connectivity index (χ4n) is 3.47. The molecule has 1 fully saturated rings. The van der Waals surface area contributed by atoms with E-state index in [1.807, 2.05) is 30.3 Å². The molecule has 2 aromatic rings. The molecule has 3 nitrogen and oxygen atoms in total. The molecular formula is C19H18F6N2O. The van der Waals surface area contributed by atoms with Crippen LogP contribution in [0.4, 0.5) is 26.3 Å². The molecule has 0 saturated carbocycles. The van der Waals surface area contributed by atoms with Crippen molar-refractivity contribution >= 4 is 5.91 Å². The van der Waals surface area contributed by atoms with Gasteiger partial charge in [0.15, 0.2) is 5.41 Å². The number of nitrogens with zero attached hydrogens (tertiary/aromatic N) is 2. The van der Waals surface area contributed by atoms with Gasteiger partial charge in [-0.2, -0.15) is 26.3 Å². The lowest BCUT2D eigenvalue weighted by atomic mass is 9.85. The fourth-order valence-corrected chi connectivity index (χ4v) is 3.47. The molecule has 0 spiro atoms. The molecule has 0 unspecified atom stereocenters. The van der Waals surface area contributed by atoms with E-state index in [4.69, 9.17) is 0 Å². The van der Waals surface area contributed by atoms with Gasteiger partial charge in [-0.15, -0.1) is 0 Å². The molecule has 0 N–H and O–H groups in total. The Labute approximate surface area is 157 Å². The first-order valence-corrected chi connectivity index (χ1v) is 8.67. The Morgan fingerprint density at radius 2 is 1.61 bits per heavy atom. The van der Waals surface area contributed by atoms with Crippen molar-refractivity contribution in [3.8, 4) is 0 Å². The van der Waals surface area contributed by atoms with Crippen molar-refractivity contribution in [3.05, 3.63) is 59.9 Å². The maximum absolute atomic E-state index is 13.2. The molecule has 0 aliphatic carbocycles. The average Bonchev–Trinajstić information content (AvgIpc) is 3.27. The van der Waals surface area contributed by atoms with Gasteiger partial charge in [0.25, 0.3) is 5.91 Å². The highest BCUT2D eigenvalue weighted by Gasteiger charge is 2.72. The third kappa shape index (κ3) is 3.62. The maximum atomic E-state index is 13.2. The van der Waals surface area contributed by atoms with Gasteiger partial charge < -0.3 is 9.47 Å². The highest BCUT2D eigenvalue weighted by Crippen LogP contribution is 2.55. The summed E-state index contributed by atoms with van der Waals surface area (Å²) in [7, 11) is 0. The Hall–Kier alpha value is -2.45. The van der Waals surface area contributed by atoms with Gasteiger partial charge in [-0.25, -0.2) is 0 Å². The Morgan fingerprint density at radius 3 is 2.18 bits per heavy atom. The number of halogens is 6. The van der Waals surface area contributed by atoms with Crippen LogP contribution in [-0.4, -0.2) is 40.8 Å². The van der Waals surface area contributed by atoms with Crippen LogP contribution in [0, 0.1) is 5.41 Å². The number of aromatic nitrogens is 1. The van der Waals surface area contributed by atoms with Crippen LogP contribution < -0.4 is 0 Å². The van der Waals surface area contributed by atoms with Crippen LogP contribution in [0.1, 0.15) is 22.5 Å². The number of benzene rings is 1. The first-order valence-electron chi connectivity index (χ1n) is 8.67. The van der Waals surface area contributed by atoms with Crippen molar-refractivity contribution < 1.29 is 31.1 Å². The van der Waals surface area contributed by atoms with E-state index in [9.17, 15) is 31.1 Å². The highest BCUT2D eigenvalue weighted by molar-refractivity contribution is 5.93. The average molecular weight is 404 g/mol. The number of hydrogen-bond acceptors (Lipinski definition) is 1. The quantitative estimate of drug-likeness (QED) is 0.679. The summed E-state index contributed by atoms with van der Waals surface area (Å²) in [6.07, 6.45) is -9.97. The highest BCUT2D eigenvalue weighted by atomic mass is 19.4. The minimum atomic E-state index is -5.48. The van der Waals surface area contributed by atoms with Crippen molar-refractivity contribution in [3.63, 3.8) is 0 Å². The number of aryl methyl sites for hydroxylation is 2. The second kappa shape index (κ2) is 7.18. The van der Waals surface area contributed by atoms with E-state index < -0.39 is 43.2 Å². The summed E-state index contributed by atoms with van der Waals surface area (Å²) < 4.78 is 80.8. The molecule has 1 saturated heterocycles. The van der Waals surface area contributed by atoms with E-state index in [2.05, 4.69) is 0 Å². The predicted octanol–water partition coefficient (Wildman–Crippen LogP) is 4.69. The fraction of sp³-hybridized carbons (Fsp3) is 0.421. The second-order valence-corrected chi connectivity index (χ2v) is 6.88. The Morgan fingerprint density at radius 1 is 0.964 bits per heavy atom. The second-order valence-electron chi connectivity index (χ2n) is 6.88. The third-order valence-electron chi connectivity index (χ3n) is 5.17. The summed E-state index contributed by atoms with van der Waals surface area (Å²) in [4.78, 5) is 13.3. The van der Waals surface area contributed by atoms with Gasteiger partial charge in [-0.3, -0.25) is 4.79 Å². The minimum Gasteiger partial charge on any atom is -0.343 e. The molecule has 1 amide bonds. The van der Waals surface area contributed by atoms with Crippen LogP contribution >= 0.6 is 0 Å². The molecule has 9 heteroatoms. The number of carbonyl (C=O) groups is 1. The lowest BCUT2D eigenvalue weighted by Gasteiger charge is -2.33. The number of hydrogen-bond donors (Lipinski definition) is 0. The van der Waals surface area contributed by atoms with Gasteiger partial charge in [0, 0.05) is 25.8 Å². The number of carbonyl (C=O) groups excluding carboxylic acids is 1. The van der Waals surface area contributed by atoms with Crippen molar-refractivity contribution in [1.82, 2.24) is 9.47 Å². The molecule has 2 heterocycles. The standard InChI is InChI=1S/C19H18F6N2O/c20-18(21,22)17(19(23,24)25)9-12-27(13-17)16(28)15-7-4-10-26(15)11-8-14-5-2-1-3-6-14/h1-7,10H,8-9,11-13H2. The van der Waals surface area contributed by atoms with Crippen LogP contribution in [0.25, 0.3) is 0 Å². The monoisotopic (exact) mass is 404 g/mol. The van der Waals surface area contributed by atoms with Crippen LogP contribution in [0.2, 0.25) is 0 Å². The number of alkyl halides is 6. The molecule has 3 rings (SSSR count). The molecule has 1 aromatic carbocycles. The SMILES string of the molecule is O=C(c1cccn1CCc1ccccc1)N1CCC(C(F)(F)F)(C(F)(F)F)C1. The summed E-state index contributed by atoms with van der Waals surface area (Å²) in [6.45, 7) is -1.62. The zero-order valence-electron chi connectivity index (χ0n) is 14.7. The largest absolute Gasteiger partial charge is 0.404 e. The van der Waals surface area contributed by atoms with Gasteiger partial charge >= 0.3 is 12.4 Å². The van der Waals surface area contributed by atoms with E-state index >= 15 is 0 Å². The lowest BCUT2D eigenvalue weighted by molar-refractivity contribution is -0.334. The molecule has 0 atom stereocenters. The normalized spacial score (nSPS) is 17.1. The molecular weight excluding hydrogens is 386 g/mol. The summed E-state index contributed by atoms with van der Waals surface area (Å²) in [5, 5.41) is 0. The van der Waals surface area contributed by atoms with Crippen LogP contribution in [0.15, 0.2) is 48.7 Å². The van der Waals surface area contributed by atoms with Crippen LogP contribution in [0.3, 0.4) is 0 Å². The van der Waals surface area contributed by atoms with Crippen LogP contribution in [-0.2, 0) is 13.0 Å². The zero-order chi connectivity index (χ0) is 20.6. The molecule has 1 aliphatic heterocycles. The molecule has 0 radical (unpaired) electrons. The molecule has 28 heavy (non-hydrogen) atoms. The summed E-state index contributed by atoms with van der Waals surface area (Å²) in [5.41, 5.74) is -2.79. The van der Waals surface area contributed by atoms with E-state index in [1.54, 1.807) is 16.8 Å². The van der Waals surface area contributed by atoms with Crippen molar-refractivity contribution in [2.24, 2.45) is 5.41 Å². The van der Waals surface area contributed by atoms with Crippen molar-refractivity contribution in [2.75, 3.05) is 13.1 Å². The van der Waals surface area contributed by atoms with E-state index in [0.717, 1.165) is 5.56 Å². The molecule has 0 bridgehead atoms. The van der Waals surface area contributed by atoms with Gasteiger partial charge in [-0.1, -0.05) is 30.3 Å². The van der Waals surface area contributed by atoms with Crippen molar-refractivity contribution in [1.29, 1.82) is 0 Å². The summed E-state index contributed by atoms with van der Waals surface area (Å²) >= 11 is 0. The zero-order valence-corrected chi connectivity index (χ0v) is 14.7. The van der Waals surface area contributed by atoms with E-state index in [-0.39, 0.29) is 5.69 Å². The van der Waals surface area contributed by atoms with Crippen LogP contribution in [0.5, 0.6) is 0 Å². The van der Waals surface area contributed by atoms with E-state index in [1.165, 1.54) is 6.07 Å². The summed E-state index contributed by atoms with van der Waals surface area (Å²) in [5.74, 6) is -0.826. The number of rotatable bonds is 4. The number of likely N-dealkylation sites (tertiary alicyclic amines) is 1. The first kappa shape index (κ1) is 20.3. The molecule has 152 valence electrons. The molecule has 1 aliphatic rings. The Bertz CT molecular complexity index is 811. The van der Waals surface area contributed by atoms with Gasteiger partial charge in [0.1, 0.15) is 5.69 Å². The summed E-state index contributed by atoms with van der Waals surface area (Å²) in [6, 6.07) is 12.3. The van der Waals surface area contributed by atoms with E-state index in [0.29, 0.717) is 17.9 Å². The van der Waals surface area contributed by atoms with Gasteiger partial charge in [-0.05, 0) is 30.5 Å². The van der Waals surface area contributed by atoms with Gasteiger partial charge in [0.2, 0.25) is 0 Å². The lowest BCUT2D eigenvalue weighted by Crippen LogP contribution is -2.52. The first-order chi connectivity index (χ1) is 13.1. The topological polar surface area (TPSA) is 25.2 Å². The van der Waals surface area contributed by atoms with Gasteiger partial charge in [0.05, 0.1) is 0 Å². The Kier molecular flexibility index (Phi) is 5.20. The number of amides is 1. The third-order valence-corrected chi connectivity index (χ3v) is 5.17. The Balaban J connectivity index is 1.76. The molecule has 1 aromatic heterocycles. The predicted molar refractivity (Wildman–Crippen MR) is 89.6 cm³/mol. The minimum absolute atomic E-state index is 0.0797. The van der Waals surface area contributed by atoms with Crippen molar-refractivity contribution in [2.45, 2.75) is 31.7 Å².